The number of nitrogens with zero attached hydrogens (tertiary/aromatic N) is 1. The van der Waals surface area contributed by atoms with E-state index >= 15 is 0 Å². The van der Waals surface area contributed by atoms with E-state index in [1.54, 1.807) is 18.3 Å². The summed E-state index contributed by atoms with van der Waals surface area (Å²) >= 11 is 1.39. The predicted molar refractivity (Wildman–Crippen MR) is 70.4 cm³/mol. The van der Waals surface area contributed by atoms with Crippen molar-refractivity contribution in [2.24, 2.45) is 0 Å². The highest BCUT2D eigenvalue weighted by molar-refractivity contribution is 7.14. The van der Waals surface area contributed by atoms with E-state index in [1.165, 1.54) is 11.3 Å². The second-order valence-electron chi connectivity index (χ2n) is 3.76. The van der Waals surface area contributed by atoms with Crippen LogP contribution in [0.25, 0.3) is 0 Å². The van der Waals surface area contributed by atoms with Crippen LogP contribution in [0.5, 0.6) is 0 Å². The summed E-state index contributed by atoms with van der Waals surface area (Å²) in [4.78, 5) is 17.6. The molecule has 2 aromatic heterocycles. The summed E-state index contributed by atoms with van der Waals surface area (Å²) in [7, 11) is 0. The number of hydrogen-bond acceptors (Lipinski definition) is 4. The van der Waals surface area contributed by atoms with Gasteiger partial charge in [-0.3, -0.25) is 9.78 Å². The molecular formula is C12H13N3OS. The lowest BCUT2D eigenvalue weighted by molar-refractivity contribution is 0.103. The number of thiophene rings is 1. The van der Waals surface area contributed by atoms with Gasteiger partial charge in [0.2, 0.25) is 0 Å². The third-order valence-corrected chi connectivity index (χ3v) is 3.40. The zero-order valence-corrected chi connectivity index (χ0v) is 10.5. The maximum Gasteiger partial charge on any atom is 0.265 e. The number of amides is 1. The minimum Gasteiger partial charge on any atom is -0.398 e. The van der Waals surface area contributed by atoms with Crippen molar-refractivity contribution in [1.82, 2.24) is 4.98 Å². The third-order valence-electron chi connectivity index (χ3n) is 2.33. The van der Waals surface area contributed by atoms with Crippen LogP contribution >= 0.6 is 11.3 Å². The summed E-state index contributed by atoms with van der Waals surface area (Å²) < 4.78 is 0. The fraction of sp³-hybridized carbons (Fsp3) is 0.167. The maximum atomic E-state index is 11.9. The molecule has 5 heteroatoms. The van der Waals surface area contributed by atoms with E-state index in [9.17, 15) is 4.79 Å². The molecule has 4 nitrogen and oxygen atoms in total. The van der Waals surface area contributed by atoms with Gasteiger partial charge in [-0.1, -0.05) is 0 Å². The molecule has 1 amide bonds. The van der Waals surface area contributed by atoms with Crippen LogP contribution in [0.15, 0.2) is 24.4 Å². The summed E-state index contributed by atoms with van der Waals surface area (Å²) in [5.74, 6) is -0.139. The highest BCUT2D eigenvalue weighted by Gasteiger charge is 2.11. The summed E-state index contributed by atoms with van der Waals surface area (Å²) in [6.07, 6.45) is 1.67. The van der Waals surface area contributed by atoms with Gasteiger partial charge in [0, 0.05) is 28.1 Å². The predicted octanol–water partition coefficient (Wildman–Crippen LogP) is 2.59. The Bertz CT molecular complexity index is 543. The van der Waals surface area contributed by atoms with E-state index in [-0.39, 0.29) is 5.91 Å². The summed E-state index contributed by atoms with van der Waals surface area (Å²) in [5, 5.41) is 2.82. The van der Waals surface area contributed by atoms with Gasteiger partial charge in [-0.25, -0.2) is 0 Å². The van der Waals surface area contributed by atoms with Gasteiger partial charge in [-0.15, -0.1) is 11.3 Å². The number of carbonyl (C=O) groups is 1. The summed E-state index contributed by atoms with van der Waals surface area (Å²) in [5.41, 5.74) is 7.98. The van der Waals surface area contributed by atoms with Crippen LogP contribution in [0, 0.1) is 13.8 Å². The first-order valence-corrected chi connectivity index (χ1v) is 5.98. The van der Waals surface area contributed by atoms with Crippen LogP contribution < -0.4 is 11.1 Å². The number of nitrogen functional groups attached to an aromatic ring is 1. The SMILES string of the molecule is Cc1cc(NC(=O)c2cc(N)c(C)s2)ccn1. The molecular weight excluding hydrogens is 234 g/mol. The number of aromatic nitrogens is 1. The van der Waals surface area contributed by atoms with Crippen LogP contribution in [-0.4, -0.2) is 10.9 Å². The average molecular weight is 247 g/mol. The molecule has 0 fully saturated rings. The van der Waals surface area contributed by atoms with Gasteiger partial charge in [0.25, 0.3) is 5.91 Å². The van der Waals surface area contributed by atoms with Crippen LogP contribution in [0.4, 0.5) is 11.4 Å². The topological polar surface area (TPSA) is 68.0 Å². The molecule has 0 saturated heterocycles. The fourth-order valence-corrected chi connectivity index (χ4v) is 2.26. The first kappa shape index (κ1) is 11.6. The zero-order chi connectivity index (χ0) is 12.4. The van der Waals surface area contributed by atoms with Gasteiger partial charge >= 0.3 is 0 Å². The van der Waals surface area contributed by atoms with Crippen LogP contribution in [0.3, 0.4) is 0 Å². The lowest BCUT2D eigenvalue weighted by Crippen LogP contribution is -2.10. The zero-order valence-electron chi connectivity index (χ0n) is 9.65. The number of pyridine rings is 1. The van der Waals surface area contributed by atoms with E-state index in [0.29, 0.717) is 10.6 Å². The highest BCUT2D eigenvalue weighted by Crippen LogP contribution is 2.24. The molecule has 0 saturated carbocycles. The van der Waals surface area contributed by atoms with Crippen molar-refractivity contribution in [3.63, 3.8) is 0 Å². The minimum absolute atomic E-state index is 0.139. The second-order valence-corrected chi connectivity index (χ2v) is 5.02. The number of nitrogens with two attached hydrogens (primary N) is 1. The molecule has 2 rings (SSSR count). The molecule has 88 valence electrons. The molecule has 0 radical (unpaired) electrons. The van der Waals surface area contributed by atoms with Gasteiger partial charge in [0.15, 0.2) is 0 Å². The Balaban J connectivity index is 2.17. The smallest absolute Gasteiger partial charge is 0.265 e. The molecule has 0 aliphatic heterocycles. The second kappa shape index (κ2) is 4.55. The number of hydrogen-bond donors (Lipinski definition) is 2. The summed E-state index contributed by atoms with van der Waals surface area (Å²) in [6, 6.07) is 5.28. The number of aryl methyl sites for hydroxylation is 2. The maximum absolute atomic E-state index is 11.9. The van der Waals surface area contributed by atoms with E-state index in [4.69, 9.17) is 5.73 Å². The summed E-state index contributed by atoms with van der Waals surface area (Å²) in [6.45, 7) is 3.77. The van der Waals surface area contributed by atoms with E-state index in [0.717, 1.165) is 16.3 Å². The number of carbonyl (C=O) groups excluding carboxylic acids is 1. The average Bonchev–Trinajstić information content (AvgIpc) is 2.59. The van der Waals surface area contributed by atoms with Gasteiger partial charge < -0.3 is 11.1 Å². The lowest BCUT2D eigenvalue weighted by atomic mass is 10.3. The molecule has 3 N–H and O–H groups in total. The van der Waals surface area contributed by atoms with Gasteiger partial charge in [-0.2, -0.15) is 0 Å². The molecule has 0 bridgehead atoms. The standard InChI is InChI=1S/C12H13N3OS/c1-7-5-9(3-4-14-7)15-12(16)11-6-10(13)8(2)17-11/h3-6H,13H2,1-2H3,(H,14,15,16). The Morgan fingerprint density at radius 3 is 2.76 bits per heavy atom. The molecule has 17 heavy (non-hydrogen) atoms. The monoisotopic (exact) mass is 247 g/mol. The Hall–Kier alpha value is -1.88. The molecule has 0 atom stereocenters. The third kappa shape index (κ3) is 2.62. The van der Waals surface area contributed by atoms with Crippen LogP contribution in [-0.2, 0) is 0 Å². The van der Waals surface area contributed by atoms with Crippen molar-refractivity contribution in [1.29, 1.82) is 0 Å². The molecule has 2 heterocycles. The highest BCUT2D eigenvalue weighted by atomic mass is 32.1. The molecule has 0 spiro atoms. The van der Waals surface area contributed by atoms with Crippen molar-refractivity contribution < 1.29 is 4.79 Å². The van der Waals surface area contributed by atoms with Crippen molar-refractivity contribution >= 4 is 28.6 Å². The van der Waals surface area contributed by atoms with Crippen LogP contribution in [0.1, 0.15) is 20.2 Å². The minimum atomic E-state index is -0.139. The number of anilines is 2. The first-order chi connectivity index (χ1) is 8.06. The normalized spacial score (nSPS) is 10.2. The first-order valence-electron chi connectivity index (χ1n) is 5.16. The van der Waals surface area contributed by atoms with Gasteiger partial charge in [0.1, 0.15) is 0 Å². The number of nitrogens with one attached hydrogen (secondary N) is 1. The molecule has 0 aromatic carbocycles. The molecule has 2 aromatic rings. The van der Waals surface area contributed by atoms with Crippen molar-refractivity contribution in [2.75, 3.05) is 11.1 Å². The quantitative estimate of drug-likeness (QED) is 0.857. The Labute approximate surface area is 103 Å². The Kier molecular flexibility index (Phi) is 3.10. The van der Waals surface area contributed by atoms with E-state index < -0.39 is 0 Å². The van der Waals surface area contributed by atoms with Crippen molar-refractivity contribution in [2.45, 2.75) is 13.8 Å². The van der Waals surface area contributed by atoms with Crippen LogP contribution in [0.2, 0.25) is 0 Å². The van der Waals surface area contributed by atoms with E-state index in [2.05, 4.69) is 10.3 Å². The van der Waals surface area contributed by atoms with E-state index in [1.807, 2.05) is 19.9 Å². The van der Waals surface area contributed by atoms with Crippen molar-refractivity contribution in [3.8, 4) is 0 Å². The number of rotatable bonds is 2. The lowest BCUT2D eigenvalue weighted by Gasteiger charge is -2.03. The largest absolute Gasteiger partial charge is 0.398 e. The molecule has 0 aliphatic rings. The Morgan fingerprint density at radius 2 is 2.18 bits per heavy atom. The molecule has 0 aliphatic carbocycles. The van der Waals surface area contributed by atoms with Gasteiger partial charge in [-0.05, 0) is 32.0 Å². The fourth-order valence-electron chi connectivity index (χ4n) is 1.42. The Morgan fingerprint density at radius 1 is 1.41 bits per heavy atom. The van der Waals surface area contributed by atoms with Crippen molar-refractivity contribution in [3.05, 3.63) is 39.8 Å². The molecule has 0 unspecified atom stereocenters. The van der Waals surface area contributed by atoms with Gasteiger partial charge in [0.05, 0.1) is 4.88 Å².